The molecular formula is C12H20N4O. The standard InChI is InChI=1S/C12H20N4O/c1-3-13-11-15-9(2)7-10(16-11)14-8-12(17)5-4-6-12/h7,17H,3-6,8H2,1-2H3,(H2,13,14,15,16). The Labute approximate surface area is 102 Å². The van der Waals surface area contributed by atoms with E-state index in [1.165, 1.54) is 0 Å². The normalized spacial score (nSPS) is 17.4. The van der Waals surface area contributed by atoms with Gasteiger partial charge in [-0.15, -0.1) is 0 Å². The molecule has 1 aromatic heterocycles. The van der Waals surface area contributed by atoms with Crippen LogP contribution >= 0.6 is 0 Å². The van der Waals surface area contributed by atoms with Gasteiger partial charge in [0.15, 0.2) is 0 Å². The average molecular weight is 236 g/mol. The fourth-order valence-corrected chi connectivity index (χ4v) is 1.91. The second-order valence-corrected chi connectivity index (χ2v) is 4.68. The molecule has 1 saturated carbocycles. The van der Waals surface area contributed by atoms with E-state index in [9.17, 15) is 5.11 Å². The number of hydrogen-bond donors (Lipinski definition) is 3. The predicted octanol–water partition coefficient (Wildman–Crippen LogP) is 1.54. The monoisotopic (exact) mass is 236 g/mol. The Morgan fingerprint density at radius 2 is 2.12 bits per heavy atom. The maximum Gasteiger partial charge on any atom is 0.224 e. The molecule has 0 aliphatic heterocycles. The van der Waals surface area contributed by atoms with E-state index in [0.717, 1.165) is 37.3 Å². The Balaban J connectivity index is 1.99. The summed E-state index contributed by atoms with van der Waals surface area (Å²) in [4.78, 5) is 8.62. The molecule has 0 unspecified atom stereocenters. The van der Waals surface area contributed by atoms with Crippen LogP contribution in [-0.4, -0.2) is 33.8 Å². The molecule has 5 heteroatoms. The highest BCUT2D eigenvalue weighted by Gasteiger charge is 2.34. The van der Waals surface area contributed by atoms with Gasteiger partial charge in [-0.25, -0.2) is 4.98 Å². The fourth-order valence-electron chi connectivity index (χ4n) is 1.91. The molecule has 0 saturated heterocycles. The lowest BCUT2D eigenvalue weighted by molar-refractivity contribution is -0.0202. The van der Waals surface area contributed by atoms with Crippen LogP contribution < -0.4 is 10.6 Å². The molecular weight excluding hydrogens is 216 g/mol. The van der Waals surface area contributed by atoms with Crippen LogP contribution in [0.3, 0.4) is 0 Å². The summed E-state index contributed by atoms with van der Waals surface area (Å²) in [5.41, 5.74) is 0.385. The second kappa shape index (κ2) is 4.87. The van der Waals surface area contributed by atoms with Crippen molar-refractivity contribution in [2.75, 3.05) is 23.7 Å². The van der Waals surface area contributed by atoms with E-state index in [2.05, 4.69) is 20.6 Å². The van der Waals surface area contributed by atoms with E-state index in [4.69, 9.17) is 0 Å². The summed E-state index contributed by atoms with van der Waals surface area (Å²) in [5, 5.41) is 16.3. The Morgan fingerprint density at radius 3 is 2.71 bits per heavy atom. The molecule has 1 aliphatic carbocycles. The number of anilines is 2. The molecule has 0 spiro atoms. The van der Waals surface area contributed by atoms with E-state index in [1.54, 1.807) is 0 Å². The Hall–Kier alpha value is -1.36. The van der Waals surface area contributed by atoms with Crippen molar-refractivity contribution >= 4 is 11.8 Å². The third-order valence-corrected chi connectivity index (χ3v) is 3.07. The Morgan fingerprint density at radius 1 is 1.35 bits per heavy atom. The lowest BCUT2D eigenvalue weighted by Crippen LogP contribution is -2.43. The third-order valence-electron chi connectivity index (χ3n) is 3.07. The minimum absolute atomic E-state index is 0.531. The maximum atomic E-state index is 9.99. The number of rotatable bonds is 5. The van der Waals surface area contributed by atoms with E-state index in [0.29, 0.717) is 12.5 Å². The summed E-state index contributed by atoms with van der Waals surface area (Å²) in [5.74, 6) is 1.41. The number of hydrogen-bond acceptors (Lipinski definition) is 5. The van der Waals surface area contributed by atoms with E-state index in [-0.39, 0.29) is 0 Å². The van der Waals surface area contributed by atoms with Gasteiger partial charge in [0.25, 0.3) is 0 Å². The molecule has 0 bridgehead atoms. The number of aromatic nitrogens is 2. The minimum Gasteiger partial charge on any atom is -0.388 e. The van der Waals surface area contributed by atoms with Crippen LogP contribution in [0.2, 0.25) is 0 Å². The average Bonchev–Trinajstić information content (AvgIpc) is 2.23. The first kappa shape index (κ1) is 12.1. The molecule has 2 rings (SSSR count). The molecule has 0 atom stereocenters. The minimum atomic E-state index is -0.531. The van der Waals surface area contributed by atoms with Crippen molar-refractivity contribution in [3.05, 3.63) is 11.8 Å². The van der Waals surface area contributed by atoms with Crippen LogP contribution in [0.4, 0.5) is 11.8 Å². The van der Waals surface area contributed by atoms with Crippen molar-refractivity contribution < 1.29 is 5.11 Å². The Kier molecular flexibility index (Phi) is 3.47. The van der Waals surface area contributed by atoms with E-state index >= 15 is 0 Å². The maximum absolute atomic E-state index is 9.99. The van der Waals surface area contributed by atoms with Crippen LogP contribution in [0, 0.1) is 6.92 Å². The summed E-state index contributed by atoms with van der Waals surface area (Å²) in [6.07, 6.45) is 2.87. The largest absolute Gasteiger partial charge is 0.388 e. The van der Waals surface area contributed by atoms with Crippen LogP contribution in [0.25, 0.3) is 0 Å². The summed E-state index contributed by atoms with van der Waals surface area (Å²) in [6.45, 7) is 5.31. The van der Waals surface area contributed by atoms with E-state index in [1.807, 2.05) is 19.9 Å². The molecule has 1 heterocycles. The first-order valence-electron chi connectivity index (χ1n) is 6.17. The first-order valence-corrected chi connectivity index (χ1v) is 6.17. The zero-order valence-electron chi connectivity index (χ0n) is 10.5. The molecule has 0 amide bonds. The predicted molar refractivity (Wildman–Crippen MR) is 68.2 cm³/mol. The van der Waals surface area contributed by atoms with Crippen molar-refractivity contribution in [3.8, 4) is 0 Å². The van der Waals surface area contributed by atoms with Gasteiger partial charge < -0.3 is 15.7 Å². The highest BCUT2D eigenvalue weighted by Crippen LogP contribution is 2.31. The second-order valence-electron chi connectivity index (χ2n) is 4.68. The molecule has 1 aliphatic rings. The molecule has 17 heavy (non-hydrogen) atoms. The summed E-state index contributed by atoms with van der Waals surface area (Å²) in [7, 11) is 0. The summed E-state index contributed by atoms with van der Waals surface area (Å²) in [6, 6.07) is 1.89. The molecule has 94 valence electrons. The van der Waals surface area contributed by atoms with Crippen LogP contribution in [0.15, 0.2) is 6.07 Å². The molecule has 0 radical (unpaired) electrons. The van der Waals surface area contributed by atoms with Gasteiger partial charge in [0.2, 0.25) is 5.95 Å². The summed E-state index contributed by atoms with van der Waals surface area (Å²) >= 11 is 0. The van der Waals surface area contributed by atoms with Gasteiger partial charge in [-0.3, -0.25) is 0 Å². The van der Waals surface area contributed by atoms with Crippen LogP contribution in [0.5, 0.6) is 0 Å². The van der Waals surface area contributed by atoms with Crippen molar-refractivity contribution in [2.24, 2.45) is 0 Å². The molecule has 1 fully saturated rings. The van der Waals surface area contributed by atoms with Gasteiger partial charge in [-0.05, 0) is 33.1 Å². The fraction of sp³-hybridized carbons (Fsp3) is 0.667. The van der Waals surface area contributed by atoms with Gasteiger partial charge in [0.05, 0.1) is 5.60 Å². The zero-order valence-corrected chi connectivity index (χ0v) is 10.5. The van der Waals surface area contributed by atoms with Gasteiger partial charge >= 0.3 is 0 Å². The highest BCUT2D eigenvalue weighted by molar-refractivity contribution is 5.42. The number of nitrogens with zero attached hydrogens (tertiary/aromatic N) is 2. The van der Waals surface area contributed by atoms with Gasteiger partial charge in [-0.1, -0.05) is 0 Å². The zero-order chi connectivity index (χ0) is 12.3. The van der Waals surface area contributed by atoms with Gasteiger partial charge in [0, 0.05) is 24.8 Å². The molecule has 5 nitrogen and oxygen atoms in total. The quantitative estimate of drug-likeness (QED) is 0.723. The highest BCUT2D eigenvalue weighted by atomic mass is 16.3. The molecule has 1 aromatic rings. The van der Waals surface area contributed by atoms with Crippen molar-refractivity contribution in [1.82, 2.24) is 9.97 Å². The van der Waals surface area contributed by atoms with E-state index < -0.39 is 5.60 Å². The van der Waals surface area contributed by atoms with Gasteiger partial charge in [-0.2, -0.15) is 4.98 Å². The van der Waals surface area contributed by atoms with Crippen LogP contribution in [-0.2, 0) is 0 Å². The van der Waals surface area contributed by atoms with Crippen LogP contribution in [0.1, 0.15) is 31.9 Å². The van der Waals surface area contributed by atoms with Crippen molar-refractivity contribution in [2.45, 2.75) is 38.7 Å². The Bertz CT molecular complexity index is 390. The number of nitrogens with one attached hydrogen (secondary N) is 2. The lowest BCUT2D eigenvalue weighted by atomic mass is 9.80. The third kappa shape index (κ3) is 3.06. The first-order chi connectivity index (χ1) is 8.11. The lowest BCUT2D eigenvalue weighted by Gasteiger charge is -2.36. The smallest absolute Gasteiger partial charge is 0.224 e. The van der Waals surface area contributed by atoms with Gasteiger partial charge in [0.1, 0.15) is 5.82 Å². The number of aliphatic hydroxyl groups is 1. The topological polar surface area (TPSA) is 70.1 Å². The van der Waals surface area contributed by atoms with Crippen molar-refractivity contribution in [3.63, 3.8) is 0 Å². The number of aryl methyl sites for hydroxylation is 1. The van der Waals surface area contributed by atoms with Crippen molar-refractivity contribution in [1.29, 1.82) is 0 Å². The molecule has 0 aromatic carbocycles. The SMILES string of the molecule is CCNc1nc(C)cc(NCC2(O)CCC2)n1. The molecule has 3 N–H and O–H groups in total. The summed E-state index contributed by atoms with van der Waals surface area (Å²) < 4.78 is 0.